The molecule has 2 aliphatic rings. The van der Waals surface area contributed by atoms with Gasteiger partial charge in [-0.25, -0.2) is 4.79 Å². The topological polar surface area (TPSA) is 46.5 Å². The van der Waals surface area contributed by atoms with Crippen LogP contribution >= 0.6 is 0 Å². The van der Waals surface area contributed by atoms with E-state index in [1.54, 1.807) is 6.08 Å². The Labute approximate surface area is 198 Å². The van der Waals surface area contributed by atoms with Crippen LogP contribution in [0.2, 0.25) is 0 Å². The minimum absolute atomic E-state index is 0.481. The number of allylic oxidation sites excluding steroid dienone is 2. The van der Waals surface area contributed by atoms with Crippen LogP contribution in [0.4, 0.5) is 0 Å². The second-order valence-corrected chi connectivity index (χ2v) is 10.5. The molecule has 0 bridgehead atoms. The highest BCUT2D eigenvalue weighted by Gasteiger charge is 2.36. The van der Waals surface area contributed by atoms with Gasteiger partial charge in [-0.05, 0) is 111 Å². The zero-order chi connectivity index (χ0) is 23.8. The second-order valence-electron chi connectivity index (χ2n) is 10.5. The Morgan fingerprint density at radius 2 is 1.85 bits per heavy atom. The first-order valence-electron chi connectivity index (χ1n) is 12.2. The summed E-state index contributed by atoms with van der Waals surface area (Å²) < 4.78 is 6.23. The lowest BCUT2D eigenvalue weighted by atomic mass is 9.81. The van der Waals surface area contributed by atoms with E-state index in [1.165, 1.54) is 29.5 Å². The predicted molar refractivity (Wildman–Crippen MR) is 136 cm³/mol. The molecule has 2 aromatic carbocycles. The molecule has 3 nitrogen and oxygen atoms in total. The molecule has 0 saturated heterocycles. The van der Waals surface area contributed by atoms with E-state index in [4.69, 9.17) is 4.74 Å². The lowest BCUT2D eigenvalue weighted by molar-refractivity contribution is -0.160. The number of fused-ring (bicyclic) bond motifs is 1. The monoisotopic (exact) mass is 444 g/mol. The maximum Gasteiger partial charge on any atom is 0.337 e. The highest BCUT2D eigenvalue weighted by Crippen LogP contribution is 2.49. The molecule has 2 aliphatic carbocycles. The van der Waals surface area contributed by atoms with Crippen molar-refractivity contribution in [1.29, 1.82) is 0 Å². The Kier molecular flexibility index (Phi) is 6.63. The van der Waals surface area contributed by atoms with Crippen molar-refractivity contribution in [3.8, 4) is 11.1 Å². The SMILES string of the molecule is C=C/C=C\c1c(C)cc(C2CC2)c(-c2ccc3c(c2)CCCC3)c1C(OC(C)(C)C)C(=O)O. The normalized spacial score (nSPS) is 17.1. The second kappa shape index (κ2) is 9.30. The Hall–Kier alpha value is -2.65. The van der Waals surface area contributed by atoms with Crippen molar-refractivity contribution in [2.45, 2.75) is 83.8 Å². The molecule has 33 heavy (non-hydrogen) atoms. The summed E-state index contributed by atoms with van der Waals surface area (Å²) in [6.45, 7) is 11.6. The van der Waals surface area contributed by atoms with E-state index in [9.17, 15) is 9.90 Å². The van der Waals surface area contributed by atoms with Crippen LogP contribution < -0.4 is 0 Å². The van der Waals surface area contributed by atoms with E-state index in [1.807, 2.05) is 32.9 Å². The van der Waals surface area contributed by atoms with Gasteiger partial charge >= 0.3 is 5.97 Å². The van der Waals surface area contributed by atoms with Crippen molar-refractivity contribution < 1.29 is 14.6 Å². The molecule has 0 radical (unpaired) electrons. The Morgan fingerprint density at radius 3 is 2.45 bits per heavy atom. The lowest BCUT2D eigenvalue weighted by Gasteiger charge is -2.30. The molecule has 3 heteroatoms. The van der Waals surface area contributed by atoms with E-state index in [0.29, 0.717) is 5.92 Å². The van der Waals surface area contributed by atoms with Crippen molar-refractivity contribution in [2.75, 3.05) is 0 Å². The van der Waals surface area contributed by atoms with Crippen LogP contribution in [0.1, 0.15) is 91.9 Å². The summed E-state index contributed by atoms with van der Waals surface area (Å²) in [6.07, 6.45) is 11.5. The summed E-state index contributed by atoms with van der Waals surface area (Å²) in [4.78, 5) is 12.7. The third kappa shape index (κ3) is 5.14. The zero-order valence-electron chi connectivity index (χ0n) is 20.4. The van der Waals surface area contributed by atoms with Crippen LogP contribution in [-0.2, 0) is 22.4 Å². The molecule has 1 N–H and O–H groups in total. The molecule has 0 aromatic heterocycles. The maximum absolute atomic E-state index is 12.7. The van der Waals surface area contributed by atoms with Gasteiger partial charge in [0, 0.05) is 5.56 Å². The number of carbonyl (C=O) groups is 1. The zero-order valence-corrected chi connectivity index (χ0v) is 20.4. The number of rotatable bonds is 7. The first-order chi connectivity index (χ1) is 15.7. The van der Waals surface area contributed by atoms with Gasteiger partial charge in [0.15, 0.2) is 6.10 Å². The van der Waals surface area contributed by atoms with Crippen molar-refractivity contribution in [1.82, 2.24) is 0 Å². The molecule has 1 atom stereocenters. The van der Waals surface area contributed by atoms with Gasteiger partial charge in [-0.2, -0.15) is 0 Å². The van der Waals surface area contributed by atoms with Crippen molar-refractivity contribution in [3.63, 3.8) is 0 Å². The fraction of sp³-hybridized carbons (Fsp3) is 0.433. The van der Waals surface area contributed by atoms with Gasteiger partial charge in [0.05, 0.1) is 5.60 Å². The average Bonchev–Trinajstić information content (AvgIpc) is 3.60. The largest absolute Gasteiger partial charge is 0.479 e. The van der Waals surface area contributed by atoms with Gasteiger partial charge in [-0.1, -0.05) is 49.1 Å². The summed E-state index contributed by atoms with van der Waals surface area (Å²) >= 11 is 0. The third-order valence-corrected chi connectivity index (χ3v) is 6.66. The molecule has 0 aliphatic heterocycles. The fourth-order valence-corrected chi connectivity index (χ4v) is 5.06. The molecule has 1 unspecified atom stereocenters. The van der Waals surface area contributed by atoms with E-state index in [-0.39, 0.29) is 0 Å². The van der Waals surface area contributed by atoms with Gasteiger partial charge in [-0.15, -0.1) is 0 Å². The first-order valence-corrected chi connectivity index (χ1v) is 12.2. The number of carboxylic acids is 1. The lowest BCUT2D eigenvalue weighted by Crippen LogP contribution is -2.28. The van der Waals surface area contributed by atoms with E-state index < -0.39 is 17.7 Å². The van der Waals surface area contributed by atoms with Crippen LogP contribution in [0.25, 0.3) is 17.2 Å². The molecule has 1 saturated carbocycles. The molecule has 0 heterocycles. The number of hydrogen-bond donors (Lipinski definition) is 1. The Balaban J connectivity index is 2.03. The number of aryl methyl sites for hydroxylation is 3. The molecular formula is C30H36O3. The molecule has 1 fully saturated rings. The van der Waals surface area contributed by atoms with Crippen molar-refractivity contribution in [3.05, 3.63) is 76.4 Å². The van der Waals surface area contributed by atoms with Gasteiger partial charge in [0.25, 0.3) is 0 Å². The summed E-state index contributed by atoms with van der Waals surface area (Å²) in [5.41, 5.74) is 8.43. The molecule has 2 aromatic rings. The van der Waals surface area contributed by atoms with E-state index >= 15 is 0 Å². The summed E-state index contributed by atoms with van der Waals surface area (Å²) in [7, 11) is 0. The maximum atomic E-state index is 12.7. The minimum atomic E-state index is -1.06. The quantitative estimate of drug-likeness (QED) is 0.448. The smallest absolute Gasteiger partial charge is 0.337 e. The van der Waals surface area contributed by atoms with E-state index in [0.717, 1.165) is 53.5 Å². The van der Waals surface area contributed by atoms with Gasteiger partial charge in [0.1, 0.15) is 0 Å². The van der Waals surface area contributed by atoms with Crippen LogP contribution in [0.5, 0.6) is 0 Å². The minimum Gasteiger partial charge on any atom is -0.479 e. The Bertz CT molecular complexity index is 1100. The number of aliphatic carboxylic acids is 1. The standard InChI is InChI=1S/C30H36O3/c1-6-7-12-24-19(2)17-25(21-14-15-21)26(27(24)28(29(31)32)33-30(3,4)5)23-16-13-20-10-8-9-11-22(20)18-23/h6-7,12-13,16-18,21,28H,1,8-11,14-15H2,2-5H3,(H,31,32)/b12-7-. The fourth-order valence-electron chi connectivity index (χ4n) is 5.06. The Morgan fingerprint density at radius 1 is 1.15 bits per heavy atom. The van der Waals surface area contributed by atoms with Gasteiger partial charge in [-0.3, -0.25) is 0 Å². The number of ether oxygens (including phenoxy) is 1. The molecule has 0 amide bonds. The molecule has 4 rings (SSSR count). The number of hydrogen-bond acceptors (Lipinski definition) is 2. The van der Waals surface area contributed by atoms with Crippen molar-refractivity contribution >= 4 is 12.0 Å². The van der Waals surface area contributed by atoms with E-state index in [2.05, 4.69) is 37.8 Å². The summed E-state index contributed by atoms with van der Waals surface area (Å²) in [6, 6.07) is 9.03. The molecular weight excluding hydrogens is 408 g/mol. The van der Waals surface area contributed by atoms with Crippen molar-refractivity contribution in [2.24, 2.45) is 0 Å². The van der Waals surface area contributed by atoms with Crippen LogP contribution in [0.15, 0.2) is 43.0 Å². The van der Waals surface area contributed by atoms with Gasteiger partial charge < -0.3 is 9.84 Å². The molecule has 174 valence electrons. The van der Waals surface area contributed by atoms with Crippen LogP contribution in [0, 0.1) is 6.92 Å². The molecule has 0 spiro atoms. The highest BCUT2D eigenvalue weighted by atomic mass is 16.5. The summed E-state index contributed by atoms with van der Waals surface area (Å²) in [5, 5.41) is 10.4. The third-order valence-electron chi connectivity index (χ3n) is 6.66. The van der Waals surface area contributed by atoms with Crippen LogP contribution in [-0.4, -0.2) is 16.7 Å². The number of carboxylic acid groups (broad SMARTS) is 1. The predicted octanol–water partition coefficient (Wildman–Crippen LogP) is 7.56. The number of benzene rings is 2. The first kappa shape index (κ1) is 23.5. The highest BCUT2D eigenvalue weighted by molar-refractivity contribution is 5.86. The average molecular weight is 445 g/mol. The van der Waals surface area contributed by atoms with Gasteiger partial charge in [0.2, 0.25) is 0 Å². The van der Waals surface area contributed by atoms with Crippen LogP contribution in [0.3, 0.4) is 0 Å². The summed E-state index contributed by atoms with van der Waals surface area (Å²) in [5.74, 6) is -0.472.